The van der Waals surface area contributed by atoms with Crippen LogP contribution in [0.4, 0.5) is 4.79 Å². The molecule has 16 nitrogen and oxygen atoms in total. The summed E-state index contributed by atoms with van der Waals surface area (Å²) in [7, 11) is 0. The highest BCUT2D eigenvalue weighted by molar-refractivity contribution is 5.96. The molecule has 264 valence electrons. The Balaban J connectivity index is 1.24. The molecule has 3 heterocycles. The molecule has 2 aromatic rings. The summed E-state index contributed by atoms with van der Waals surface area (Å²) in [4.78, 5) is 80.6. The molecule has 3 aliphatic rings. The number of benzene rings is 1. The fraction of sp³-hybridized carbons (Fsp3) is 0.545. The Morgan fingerprint density at radius 3 is 2.35 bits per heavy atom. The number of carboxylic acids is 1. The van der Waals surface area contributed by atoms with Crippen LogP contribution in [0.15, 0.2) is 36.4 Å². The van der Waals surface area contributed by atoms with Crippen LogP contribution in [-0.4, -0.2) is 130 Å². The lowest BCUT2D eigenvalue weighted by Crippen LogP contribution is -2.56. The zero-order chi connectivity index (χ0) is 34.9. The molecule has 2 saturated heterocycles. The van der Waals surface area contributed by atoms with Gasteiger partial charge in [-0.25, -0.2) is 9.48 Å². The van der Waals surface area contributed by atoms with Gasteiger partial charge >= 0.3 is 12.1 Å². The lowest BCUT2D eigenvalue weighted by molar-refractivity contribution is -0.138. The van der Waals surface area contributed by atoms with E-state index in [2.05, 4.69) is 15.7 Å². The third-order valence-electron chi connectivity index (χ3n) is 8.79. The molecule has 49 heavy (non-hydrogen) atoms. The van der Waals surface area contributed by atoms with E-state index in [9.17, 15) is 33.9 Å². The van der Waals surface area contributed by atoms with Crippen molar-refractivity contribution in [2.24, 2.45) is 11.8 Å². The molecule has 5 rings (SSSR count). The Labute approximate surface area is 283 Å². The first kappa shape index (κ1) is 35.2. The predicted octanol–water partition coefficient (Wildman–Crippen LogP) is 0.890. The first-order valence-corrected chi connectivity index (χ1v) is 16.7. The Bertz CT molecular complexity index is 1520. The summed E-state index contributed by atoms with van der Waals surface area (Å²) in [5.74, 6) is -2.30. The number of hydrogen-bond donors (Lipinski definition) is 3. The standard InChI is InChI=1S/C33H43N7O9/c1-2-48-33(47)38-16-14-37(15-17-38)32(46)25(10-11-29(42)43)35-31(45)26-18-28(40(36-26)24-6-4-3-5-7-24)49-21-27(41)39-13-12-23(20-39)30(44)34-19-22-8-9-22/h3-7,18,22-23,25H,2,8-17,19-21H2,1H3,(H,34,44)(H,35,45)(H,42,43)/t23?,25-/m0/s1. The average Bonchev–Trinajstić information content (AvgIpc) is 3.62. The van der Waals surface area contributed by atoms with Crippen LogP contribution >= 0.6 is 0 Å². The summed E-state index contributed by atoms with van der Waals surface area (Å²) >= 11 is 0. The summed E-state index contributed by atoms with van der Waals surface area (Å²) < 4.78 is 12.3. The number of likely N-dealkylation sites (tertiary alicyclic amines) is 1. The van der Waals surface area contributed by atoms with Crippen LogP contribution in [-0.2, 0) is 23.9 Å². The van der Waals surface area contributed by atoms with E-state index in [0.717, 1.165) is 12.8 Å². The molecule has 0 radical (unpaired) electrons. The van der Waals surface area contributed by atoms with Crippen molar-refractivity contribution in [3.05, 3.63) is 42.1 Å². The number of hydrogen-bond acceptors (Lipinski definition) is 9. The maximum Gasteiger partial charge on any atom is 0.409 e. The van der Waals surface area contributed by atoms with Crippen molar-refractivity contribution in [1.29, 1.82) is 0 Å². The van der Waals surface area contributed by atoms with Crippen molar-refractivity contribution in [2.45, 2.75) is 45.1 Å². The van der Waals surface area contributed by atoms with E-state index in [-0.39, 0.29) is 81.5 Å². The number of carbonyl (C=O) groups excluding carboxylic acids is 5. The number of nitrogens with one attached hydrogen (secondary N) is 2. The van der Waals surface area contributed by atoms with E-state index >= 15 is 0 Å². The van der Waals surface area contributed by atoms with Gasteiger partial charge in [0.2, 0.25) is 17.7 Å². The molecule has 0 bridgehead atoms. The van der Waals surface area contributed by atoms with Crippen molar-refractivity contribution in [3.8, 4) is 11.6 Å². The minimum absolute atomic E-state index is 0.0417. The van der Waals surface area contributed by atoms with Gasteiger partial charge in [0, 0.05) is 58.3 Å². The van der Waals surface area contributed by atoms with Crippen LogP contribution in [0.1, 0.15) is 49.5 Å². The number of amides is 5. The van der Waals surface area contributed by atoms with Gasteiger partial charge in [-0.2, -0.15) is 5.10 Å². The number of aliphatic carboxylic acids is 1. The molecule has 1 aromatic heterocycles. The normalized spacial score (nSPS) is 18.1. The molecule has 2 aliphatic heterocycles. The molecular weight excluding hydrogens is 638 g/mol. The number of rotatable bonds is 14. The summed E-state index contributed by atoms with van der Waals surface area (Å²) in [6.07, 6.45) is 1.83. The Morgan fingerprint density at radius 1 is 0.959 bits per heavy atom. The fourth-order valence-electron chi connectivity index (χ4n) is 5.77. The SMILES string of the molecule is CCOC(=O)N1CCN(C(=O)[C@H](CCC(=O)O)NC(=O)c2cc(OCC(=O)N3CCC(C(=O)NCC4CC4)C3)n(-c3ccccc3)n2)CC1. The van der Waals surface area contributed by atoms with E-state index in [1.807, 2.05) is 0 Å². The molecule has 1 unspecified atom stereocenters. The van der Waals surface area contributed by atoms with E-state index in [1.165, 1.54) is 20.5 Å². The van der Waals surface area contributed by atoms with Gasteiger partial charge in [-0.15, -0.1) is 0 Å². The zero-order valence-electron chi connectivity index (χ0n) is 27.5. The highest BCUT2D eigenvalue weighted by Crippen LogP contribution is 2.28. The first-order valence-electron chi connectivity index (χ1n) is 16.7. The average molecular weight is 682 g/mol. The summed E-state index contributed by atoms with van der Waals surface area (Å²) in [5.41, 5.74) is 0.440. The second kappa shape index (κ2) is 16.3. The van der Waals surface area contributed by atoms with Gasteiger partial charge in [-0.3, -0.25) is 24.0 Å². The van der Waals surface area contributed by atoms with Gasteiger partial charge in [0.25, 0.3) is 11.8 Å². The van der Waals surface area contributed by atoms with Gasteiger partial charge in [0.05, 0.1) is 18.2 Å². The van der Waals surface area contributed by atoms with Gasteiger partial charge in [0.1, 0.15) is 6.04 Å². The van der Waals surface area contributed by atoms with E-state index in [4.69, 9.17) is 9.47 Å². The summed E-state index contributed by atoms with van der Waals surface area (Å²) in [6.45, 7) is 3.82. The Morgan fingerprint density at radius 2 is 1.67 bits per heavy atom. The van der Waals surface area contributed by atoms with Crippen molar-refractivity contribution in [1.82, 2.24) is 35.1 Å². The first-order chi connectivity index (χ1) is 23.6. The largest absolute Gasteiger partial charge is 0.481 e. The number of piperazine rings is 1. The quantitative estimate of drug-likeness (QED) is 0.258. The van der Waals surface area contributed by atoms with Gasteiger partial charge in [-0.1, -0.05) is 18.2 Å². The Kier molecular flexibility index (Phi) is 11.7. The molecule has 16 heteroatoms. The van der Waals surface area contributed by atoms with Crippen LogP contribution in [0.5, 0.6) is 5.88 Å². The molecule has 1 aromatic carbocycles. The van der Waals surface area contributed by atoms with Crippen molar-refractivity contribution in [2.75, 3.05) is 59.0 Å². The van der Waals surface area contributed by atoms with Crippen LogP contribution in [0.2, 0.25) is 0 Å². The smallest absolute Gasteiger partial charge is 0.409 e. The molecule has 2 atom stereocenters. The Hall–Kier alpha value is -5.15. The number of carboxylic acid groups (broad SMARTS) is 1. The summed E-state index contributed by atoms with van der Waals surface area (Å²) in [5, 5.41) is 19.3. The van der Waals surface area contributed by atoms with Gasteiger partial charge in [-0.05, 0) is 50.7 Å². The van der Waals surface area contributed by atoms with Crippen LogP contribution in [0.25, 0.3) is 5.69 Å². The molecule has 1 aliphatic carbocycles. The second-order valence-electron chi connectivity index (χ2n) is 12.4. The van der Waals surface area contributed by atoms with Crippen molar-refractivity contribution < 1.29 is 43.3 Å². The maximum atomic E-state index is 13.5. The predicted molar refractivity (Wildman–Crippen MR) is 173 cm³/mol. The van der Waals surface area contributed by atoms with Crippen LogP contribution in [0, 0.1) is 11.8 Å². The maximum absolute atomic E-state index is 13.5. The molecular formula is C33H43N7O9. The monoisotopic (exact) mass is 681 g/mol. The third-order valence-corrected chi connectivity index (χ3v) is 8.79. The molecule has 3 N–H and O–H groups in total. The lowest BCUT2D eigenvalue weighted by Gasteiger charge is -2.35. The van der Waals surface area contributed by atoms with E-state index in [0.29, 0.717) is 37.7 Å². The minimum atomic E-state index is -1.17. The highest BCUT2D eigenvalue weighted by Gasteiger charge is 2.34. The number of para-hydroxylation sites is 1. The number of ether oxygens (including phenoxy) is 2. The topological polar surface area (TPSA) is 193 Å². The summed E-state index contributed by atoms with van der Waals surface area (Å²) in [6, 6.07) is 9.01. The molecule has 3 fully saturated rings. The van der Waals surface area contributed by atoms with Gasteiger partial charge < -0.3 is 39.9 Å². The highest BCUT2D eigenvalue weighted by atomic mass is 16.6. The number of aromatic nitrogens is 2. The van der Waals surface area contributed by atoms with Crippen molar-refractivity contribution in [3.63, 3.8) is 0 Å². The fourth-order valence-corrected chi connectivity index (χ4v) is 5.77. The third kappa shape index (κ3) is 9.48. The van der Waals surface area contributed by atoms with Crippen LogP contribution < -0.4 is 15.4 Å². The number of nitrogens with zero attached hydrogens (tertiary/aromatic N) is 5. The lowest BCUT2D eigenvalue weighted by atomic mass is 10.1. The molecule has 0 spiro atoms. The van der Waals surface area contributed by atoms with E-state index < -0.39 is 29.9 Å². The van der Waals surface area contributed by atoms with Crippen LogP contribution in [0.3, 0.4) is 0 Å². The number of carbonyl (C=O) groups is 6. The zero-order valence-corrected chi connectivity index (χ0v) is 27.5. The second-order valence-corrected chi connectivity index (χ2v) is 12.4. The van der Waals surface area contributed by atoms with Crippen molar-refractivity contribution >= 4 is 35.7 Å². The molecule has 1 saturated carbocycles. The molecule has 5 amide bonds. The van der Waals surface area contributed by atoms with E-state index in [1.54, 1.807) is 42.2 Å². The minimum Gasteiger partial charge on any atom is -0.481 e. The van der Waals surface area contributed by atoms with Gasteiger partial charge in [0.15, 0.2) is 12.3 Å².